The molecule has 2 fully saturated rings. The molecule has 6 nitrogen and oxygen atoms in total. The standard InChI is InChI=1S/C10H16N2O4S/c1-10(4-8(13)11-6-10)9(14)12-7-2-3-17(15,16)5-7/h7H,2-6H2,1H3,(H,11,13)(H,12,14). The molecule has 2 unspecified atom stereocenters. The number of sulfone groups is 1. The summed E-state index contributed by atoms with van der Waals surface area (Å²) < 4.78 is 22.5. The molecule has 0 aromatic carbocycles. The SMILES string of the molecule is CC1(C(=O)NC2CCS(=O)(=O)C2)CNC(=O)C1. The highest BCUT2D eigenvalue weighted by Gasteiger charge is 2.42. The lowest BCUT2D eigenvalue weighted by molar-refractivity contribution is -0.131. The fourth-order valence-corrected chi connectivity index (χ4v) is 3.88. The van der Waals surface area contributed by atoms with Crippen molar-refractivity contribution in [2.45, 2.75) is 25.8 Å². The van der Waals surface area contributed by atoms with Crippen molar-refractivity contribution >= 4 is 21.7 Å². The molecule has 0 aromatic rings. The molecule has 17 heavy (non-hydrogen) atoms. The van der Waals surface area contributed by atoms with Gasteiger partial charge in [0.05, 0.1) is 16.9 Å². The molecule has 96 valence electrons. The second-order valence-electron chi connectivity index (χ2n) is 5.09. The van der Waals surface area contributed by atoms with E-state index in [0.29, 0.717) is 13.0 Å². The molecule has 2 amide bonds. The van der Waals surface area contributed by atoms with Crippen molar-refractivity contribution < 1.29 is 18.0 Å². The normalized spacial score (nSPS) is 35.6. The van der Waals surface area contributed by atoms with E-state index in [-0.39, 0.29) is 35.8 Å². The van der Waals surface area contributed by atoms with E-state index in [1.54, 1.807) is 6.92 Å². The van der Waals surface area contributed by atoms with Gasteiger partial charge >= 0.3 is 0 Å². The number of amides is 2. The Labute approximate surface area is 100 Å². The Morgan fingerprint density at radius 1 is 1.53 bits per heavy atom. The van der Waals surface area contributed by atoms with Gasteiger partial charge in [0.1, 0.15) is 0 Å². The predicted molar refractivity (Wildman–Crippen MR) is 60.9 cm³/mol. The van der Waals surface area contributed by atoms with E-state index in [0.717, 1.165) is 0 Å². The van der Waals surface area contributed by atoms with E-state index in [2.05, 4.69) is 10.6 Å². The Morgan fingerprint density at radius 3 is 2.71 bits per heavy atom. The third-order valence-corrected chi connectivity index (χ3v) is 5.11. The van der Waals surface area contributed by atoms with Gasteiger partial charge in [0.2, 0.25) is 11.8 Å². The first kappa shape index (κ1) is 12.3. The minimum absolute atomic E-state index is 0.0101. The van der Waals surface area contributed by atoms with E-state index in [9.17, 15) is 18.0 Å². The fourth-order valence-electron chi connectivity index (χ4n) is 2.20. The van der Waals surface area contributed by atoms with Crippen molar-refractivity contribution in [3.05, 3.63) is 0 Å². The Kier molecular flexibility index (Phi) is 2.89. The van der Waals surface area contributed by atoms with Crippen molar-refractivity contribution in [1.82, 2.24) is 10.6 Å². The summed E-state index contributed by atoms with van der Waals surface area (Å²) in [5.41, 5.74) is -0.747. The molecule has 2 aliphatic heterocycles. The minimum Gasteiger partial charge on any atom is -0.355 e. The Balaban J connectivity index is 1.96. The highest BCUT2D eigenvalue weighted by atomic mass is 32.2. The van der Waals surface area contributed by atoms with Crippen LogP contribution in [-0.2, 0) is 19.4 Å². The van der Waals surface area contributed by atoms with E-state index >= 15 is 0 Å². The molecule has 0 radical (unpaired) electrons. The van der Waals surface area contributed by atoms with Crippen LogP contribution in [0.25, 0.3) is 0 Å². The third-order valence-electron chi connectivity index (χ3n) is 3.34. The van der Waals surface area contributed by atoms with Crippen LogP contribution in [0.1, 0.15) is 19.8 Å². The number of nitrogens with one attached hydrogen (secondary N) is 2. The smallest absolute Gasteiger partial charge is 0.228 e. The van der Waals surface area contributed by atoms with Crippen molar-refractivity contribution in [3.8, 4) is 0 Å². The van der Waals surface area contributed by atoms with Gasteiger partial charge < -0.3 is 10.6 Å². The van der Waals surface area contributed by atoms with Gasteiger partial charge in [0, 0.05) is 19.0 Å². The van der Waals surface area contributed by atoms with Gasteiger partial charge in [-0.25, -0.2) is 8.42 Å². The lowest BCUT2D eigenvalue weighted by atomic mass is 9.88. The number of hydrogen-bond acceptors (Lipinski definition) is 4. The monoisotopic (exact) mass is 260 g/mol. The summed E-state index contributed by atoms with van der Waals surface area (Å²) in [4.78, 5) is 23.1. The maximum absolute atomic E-state index is 12.0. The molecule has 7 heteroatoms. The Morgan fingerprint density at radius 2 is 2.24 bits per heavy atom. The Hall–Kier alpha value is -1.11. The highest BCUT2D eigenvalue weighted by Crippen LogP contribution is 2.26. The van der Waals surface area contributed by atoms with Crippen molar-refractivity contribution in [2.75, 3.05) is 18.1 Å². The van der Waals surface area contributed by atoms with Crippen molar-refractivity contribution in [3.63, 3.8) is 0 Å². The Bertz CT molecular complexity index is 459. The molecule has 2 saturated heterocycles. The largest absolute Gasteiger partial charge is 0.355 e. The molecule has 0 bridgehead atoms. The van der Waals surface area contributed by atoms with Gasteiger partial charge in [0.15, 0.2) is 9.84 Å². The zero-order chi connectivity index (χ0) is 12.7. The van der Waals surface area contributed by atoms with Gasteiger partial charge in [-0.1, -0.05) is 0 Å². The van der Waals surface area contributed by atoms with Crippen molar-refractivity contribution in [2.24, 2.45) is 5.41 Å². The maximum Gasteiger partial charge on any atom is 0.228 e. The lowest BCUT2D eigenvalue weighted by Crippen LogP contribution is -2.45. The van der Waals surface area contributed by atoms with E-state index < -0.39 is 15.3 Å². The molecule has 2 aliphatic rings. The summed E-state index contributed by atoms with van der Waals surface area (Å²) in [5, 5.41) is 5.34. The zero-order valence-electron chi connectivity index (χ0n) is 9.65. The number of carbonyl (C=O) groups excluding carboxylic acids is 2. The maximum atomic E-state index is 12.0. The number of carbonyl (C=O) groups is 2. The molecule has 2 N–H and O–H groups in total. The summed E-state index contributed by atoms with van der Waals surface area (Å²) in [6.45, 7) is 2.03. The number of hydrogen-bond donors (Lipinski definition) is 2. The molecular weight excluding hydrogens is 244 g/mol. The van der Waals surface area contributed by atoms with Crippen LogP contribution in [0.3, 0.4) is 0 Å². The quantitative estimate of drug-likeness (QED) is 0.653. The van der Waals surface area contributed by atoms with Gasteiger partial charge in [-0.05, 0) is 13.3 Å². The molecule has 2 atom stereocenters. The van der Waals surface area contributed by atoms with Crippen LogP contribution in [-0.4, -0.2) is 44.3 Å². The van der Waals surface area contributed by atoms with E-state index in [1.165, 1.54) is 0 Å². The summed E-state index contributed by atoms with van der Waals surface area (Å²) in [5.74, 6) is -0.234. The minimum atomic E-state index is -2.99. The van der Waals surface area contributed by atoms with E-state index in [1.807, 2.05) is 0 Å². The van der Waals surface area contributed by atoms with Crippen molar-refractivity contribution in [1.29, 1.82) is 0 Å². The fraction of sp³-hybridized carbons (Fsp3) is 0.800. The van der Waals surface area contributed by atoms with Gasteiger partial charge in [0.25, 0.3) is 0 Å². The molecule has 0 spiro atoms. The first-order valence-corrected chi connectivity index (χ1v) is 7.41. The summed E-state index contributed by atoms with van der Waals surface area (Å²) in [6, 6.07) is -0.306. The molecule has 0 saturated carbocycles. The van der Waals surface area contributed by atoms with Crippen LogP contribution in [0.5, 0.6) is 0 Å². The second-order valence-corrected chi connectivity index (χ2v) is 7.32. The summed E-state index contributed by atoms with van der Waals surface area (Å²) in [6.07, 6.45) is 0.629. The second kappa shape index (κ2) is 3.97. The van der Waals surface area contributed by atoms with E-state index in [4.69, 9.17) is 0 Å². The average molecular weight is 260 g/mol. The highest BCUT2D eigenvalue weighted by molar-refractivity contribution is 7.91. The van der Waals surface area contributed by atoms with Crippen LogP contribution in [0, 0.1) is 5.41 Å². The van der Waals surface area contributed by atoms with Crippen LogP contribution >= 0.6 is 0 Å². The summed E-state index contributed by atoms with van der Waals surface area (Å²) >= 11 is 0. The van der Waals surface area contributed by atoms with Gasteiger partial charge in [-0.3, -0.25) is 9.59 Å². The predicted octanol–water partition coefficient (Wildman–Crippen LogP) is -1.18. The lowest BCUT2D eigenvalue weighted by Gasteiger charge is -2.22. The summed E-state index contributed by atoms with van der Waals surface area (Å²) in [7, 11) is -2.99. The first-order chi connectivity index (χ1) is 7.81. The molecular formula is C10H16N2O4S. The van der Waals surface area contributed by atoms with Gasteiger partial charge in [-0.2, -0.15) is 0 Å². The van der Waals surface area contributed by atoms with Gasteiger partial charge in [-0.15, -0.1) is 0 Å². The molecule has 0 aromatic heterocycles. The first-order valence-electron chi connectivity index (χ1n) is 5.59. The van der Waals surface area contributed by atoms with Crippen LogP contribution in [0.2, 0.25) is 0 Å². The third kappa shape index (κ3) is 2.59. The molecule has 2 rings (SSSR count). The number of rotatable bonds is 2. The molecule has 0 aliphatic carbocycles. The average Bonchev–Trinajstić information content (AvgIpc) is 2.71. The van der Waals surface area contributed by atoms with Crippen LogP contribution in [0.4, 0.5) is 0 Å². The molecule has 2 heterocycles. The topological polar surface area (TPSA) is 92.3 Å². The zero-order valence-corrected chi connectivity index (χ0v) is 10.5. The van der Waals surface area contributed by atoms with Crippen LogP contribution in [0.15, 0.2) is 0 Å². The van der Waals surface area contributed by atoms with Crippen LogP contribution < -0.4 is 10.6 Å².